The SMILES string of the molecule is [CH2]COCCCCC=C(C)C. The highest BCUT2D eigenvalue weighted by Crippen LogP contribution is 2.00. The zero-order chi connectivity index (χ0) is 8.53. The molecule has 0 amide bonds. The lowest BCUT2D eigenvalue weighted by atomic mass is 10.2. The normalized spacial score (nSPS) is 9.73. The summed E-state index contributed by atoms with van der Waals surface area (Å²) in [4.78, 5) is 0. The Labute approximate surface area is 70.4 Å². The van der Waals surface area contributed by atoms with Crippen molar-refractivity contribution in [1.82, 2.24) is 0 Å². The molecule has 0 atom stereocenters. The van der Waals surface area contributed by atoms with Gasteiger partial charge in [-0.2, -0.15) is 0 Å². The third-order valence-electron chi connectivity index (χ3n) is 1.44. The number of ether oxygens (including phenoxy) is 1. The fraction of sp³-hybridized carbons (Fsp3) is 0.700. The maximum atomic E-state index is 5.11. The first-order valence-corrected chi connectivity index (χ1v) is 4.27. The average Bonchev–Trinajstić information content (AvgIpc) is 1.96. The number of unbranched alkanes of at least 4 members (excludes halogenated alkanes) is 2. The summed E-state index contributed by atoms with van der Waals surface area (Å²) in [5.74, 6) is 0. The summed E-state index contributed by atoms with van der Waals surface area (Å²) in [5.41, 5.74) is 1.41. The van der Waals surface area contributed by atoms with E-state index in [4.69, 9.17) is 4.74 Å². The van der Waals surface area contributed by atoms with E-state index in [1.54, 1.807) is 0 Å². The summed E-state index contributed by atoms with van der Waals surface area (Å²) < 4.78 is 5.11. The molecule has 1 nitrogen and oxygen atoms in total. The molecule has 0 bridgehead atoms. The van der Waals surface area contributed by atoms with Gasteiger partial charge < -0.3 is 4.74 Å². The van der Waals surface area contributed by atoms with Gasteiger partial charge in [-0.05, 0) is 40.0 Å². The number of hydrogen-bond donors (Lipinski definition) is 0. The summed E-state index contributed by atoms with van der Waals surface area (Å²) in [7, 11) is 0. The Balaban J connectivity index is 2.97. The minimum atomic E-state index is 0.600. The Morgan fingerprint density at radius 2 is 2.09 bits per heavy atom. The van der Waals surface area contributed by atoms with Crippen LogP contribution in [-0.2, 0) is 4.74 Å². The molecule has 0 spiro atoms. The molecular weight excluding hydrogens is 136 g/mol. The van der Waals surface area contributed by atoms with E-state index >= 15 is 0 Å². The van der Waals surface area contributed by atoms with Crippen molar-refractivity contribution in [2.75, 3.05) is 13.2 Å². The Morgan fingerprint density at radius 1 is 1.36 bits per heavy atom. The van der Waals surface area contributed by atoms with Gasteiger partial charge in [0.05, 0.1) is 0 Å². The van der Waals surface area contributed by atoms with Gasteiger partial charge in [0.25, 0.3) is 0 Å². The first-order valence-electron chi connectivity index (χ1n) is 4.27. The van der Waals surface area contributed by atoms with E-state index in [-0.39, 0.29) is 0 Å². The summed E-state index contributed by atoms with van der Waals surface area (Å²) in [6.07, 6.45) is 5.83. The quantitative estimate of drug-likeness (QED) is 0.423. The van der Waals surface area contributed by atoms with Crippen molar-refractivity contribution in [2.45, 2.75) is 33.1 Å². The molecule has 1 radical (unpaired) electrons. The van der Waals surface area contributed by atoms with Gasteiger partial charge in [0.15, 0.2) is 0 Å². The molecule has 0 aromatic heterocycles. The van der Waals surface area contributed by atoms with Crippen LogP contribution in [0.25, 0.3) is 0 Å². The summed E-state index contributed by atoms with van der Waals surface area (Å²) in [6.45, 7) is 9.32. The van der Waals surface area contributed by atoms with Crippen molar-refractivity contribution in [2.24, 2.45) is 0 Å². The molecule has 0 aliphatic heterocycles. The van der Waals surface area contributed by atoms with Crippen LogP contribution in [0.1, 0.15) is 33.1 Å². The highest BCUT2D eigenvalue weighted by atomic mass is 16.5. The first kappa shape index (κ1) is 10.7. The zero-order valence-corrected chi connectivity index (χ0v) is 7.73. The molecule has 0 aliphatic rings. The van der Waals surface area contributed by atoms with Gasteiger partial charge in [0.2, 0.25) is 0 Å². The molecule has 11 heavy (non-hydrogen) atoms. The molecule has 0 aromatic rings. The van der Waals surface area contributed by atoms with Crippen LogP contribution < -0.4 is 0 Å². The second-order valence-electron chi connectivity index (χ2n) is 2.89. The van der Waals surface area contributed by atoms with Crippen LogP contribution in [0.4, 0.5) is 0 Å². The van der Waals surface area contributed by atoms with Crippen LogP contribution in [0.2, 0.25) is 0 Å². The molecule has 0 aliphatic carbocycles. The van der Waals surface area contributed by atoms with Gasteiger partial charge in [-0.25, -0.2) is 0 Å². The minimum absolute atomic E-state index is 0.600. The van der Waals surface area contributed by atoms with Gasteiger partial charge in [-0.15, -0.1) is 0 Å². The smallest absolute Gasteiger partial charge is 0.0466 e. The van der Waals surface area contributed by atoms with Gasteiger partial charge in [-0.1, -0.05) is 11.6 Å². The minimum Gasteiger partial charge on any atom is -0.381 e. The third-order valence-corrected chi connectivity index (χ3v) is 1.44. The maximum absolute atomic E-state index is 5.11. The van der Waals surface area contributed by atoms with Crippen molar-refractivity contribution in [3.8, 4) is 0 Å². The van der Waals surface area contributed by atoms with E-state index in [2.05, 4.69) is 26.8 Å². The van der Waals surface area contributed by atoms with E-state index in [1.165, 1.54) is 18.4 Å². The number of rotatable bonds is 6. The van der Waals surface area contributed by atoms with Crippen molar-refractivity contribution >= 4 is 0 Å². The molecule has 0 aromatic carbocycles. The van der Waals surface area contributed by atoms with E-state index in [9.17, 15) is 0 Å². The molecule has 0 fully saturated rings. The van der Waals surface area contributed by atoms with Gasteiger partial charge in [0, 0.05) is 13.2 Å². The lowest BCUT2D eigenvalue weighted by Gasteiger charge is -1.98. The standard InChI is InChI=1S/C10H19O/c1-4-11-9-7-5-6-8-10(2)3/h8H,1,4-7,9H2,2-3H3. The molecule has 0 saturated heterocycles. The predicted octanol–water partition coefficient (Wildman–Crippen LogP) is 2.97. The van der Waals surface area contributed by atoms with Gasteiger partial charge in [-0.3, -0.25) is 0 Å². The van der Waals surface area contributed by atoms with Crippen LogP contribution in [0.5, 0.6) is 0 Å². The number of hydrogen-bond acceptors (Lipinski definition) is 1. The van der Waals surface area contributed by atoms with E-state index in [0.29, 0.717) is 6.61 Å². The zero-order valence-electron chi connectivity index (χ0n) is 7.73. The fourth-order valence-corrected chi connectivity index (χ4v) is 0.841. The van der Waals surface area contributed by atoms with Gasteiger partial charge in [0.1, 0.15) is 0 Å². The summed E-state index contributed by atoms with van der Waals surface area (Å²) in [6, 6.07) is 0. The van der Waals surface area contributed by atoms with E-state index < -0.39 is 0 Å². The lowest BCUT2D eigenvalue weighted by molar-refractivity contribution is 0.156. The largest absolute Gasteiger partial charge is 0.381 e. The van der Waals surface area contributed by atoms with E-state index in [1.807, 2.05) is 0 Å². The molecule has 0 heterocycles. The lowest BCUT2D eigenvalue weighted by Crippen LogP contribution is -1.92. The molecule has 65 valence electrons. The van der Waals surface area contributed by atoms with Gasteiger partial charge >= 0.3 is 0 Å². The maximum Gasteiger partial charge on any atom is 0.0466 e. The molecular formula is C10H19O. The second-order valence-corrected chi connectivity index (χ2v) is 2.89. The highest BCUT2D eigenvalue weighted by molar-refractivity contribution is 4.92. The monoisotopic (exact) mass is 155 g/mol. The Kier molecular flexibility index (Phi) is 7.59. The van der Waals surface area contributed by atoms with E-state index in [0.717, 1.165) is 13.0 Å². The first-order chi connectivity index (χ1) is 5.27. The highest BCUT2D eigenvalue weighted by Gasteiger charge is 1.85. The summed E-state index contributed by atoms with van der Waals surface area (Å²) >= 11 is 0. The molecule has 0 unspecified atom stereocenters. The second kappa shape index (κ2) is 7.80. The van der Waals surface area contributed by atoms with Crippen molar-refractivity contribution in [3.05, 3.63) is 18.6 Å². The van der Waals surface area contributed by atoms with Crippen molar-refractivity contribution < 1.29 is 4.74 Å². The fourth-order valence-electron chi connectivity index (χ4n) is 0.841. The molecule has 0 N–H and O–H groups in total. The van der Waals surface area contributed by atoms with Crippen LogP contribution >= 0.6 is 0 Å². The van der Waals surface area contributed by atoms with Crippen LogP contribution in [-0.4, -0.2) is 13.2 Å². The van der Waals surface area contributed by atoms with Crippen LogP contribution in [0, 0.1) is 6.92 Å². The molecule has 0 rings (SSSR count). The summed E-state index contributed by atoms with van der Waals surface area (Å²) in [5, 5.41) is 0. The van der Waals surface area contributed by atoms with Crippen LogP contribution in [0.15, 0.2) is 11.6 Å². The van der Waals surface area contributed by atoms with Crippen LogP contribution in [0.3, 0.4) is 0 Å². The topological polar surface area (TPSA) is 9.23 Å². The Hall–Kier alpha value is -0.300. The molecule has 0 saturated carbocycles. The Bertz CT molecular complexity index is 101. The Morgan fingerprint density at radius 3 is 2.64 bits per heavy atom. The third kappa shape index (κ3) is 9.70. The number of allylic oxidation sites excluding steroid dienone is 2. The van der Waals surface area contributed by atoms with Crippen molar-refractivity contribution in [3.63, 3.8) is 0 Å². The average molecular weight is 155 g/mol. The predicted molar refractivity (Wildman–Crippen MR) is 49.5 cm³/mol. The van der Waals surface area contributed by atoms with Crippen molar-refractivity contribution in [1.29, 1.82) is 0 Å². The molecule has 1 heteroatoms.